The fraction of sp³-hybridized carbons (Fsp3) is 0.571. The first-order chi connectivity index (χ1) is 11.1. The number of aliphatic hydroxyl groups excluding tert-OH is 4. The molecule has 1 aliphatic heterocycles. The van der Waals surface area contributed by atoms with Crippen molar-refractivity contribution >= 4 is 16.9 Å². The van der Waals surface area contributed by atoms with E-state index >= 15 is 0 Å². The first kappa shape index (κ1) is 16.1. The van der Waals surface area contributed by atoms with Crippen LogP contribution in [0.15, 0.2) is 12.5 Å². The Morgan fingerprint density at radius 1 is 1.22 bits per heavy atom. The molecule has 0 aromatic carbocycles. The summed E-state index contributed by atoms with van der Waals surface area (Å²) < 4.78 is 7.14. The summed E-state index contributed by atoms with van der Waals surface area (Å²) in [6, 6.07) is 0. The Balaban J connectivity index is 2.06. The Labute approximate surface area is 132 Å². The number of aryl methyl sites for hydroxylation is 1. The number of ether oxygens (including phenoxy) is 1. The molecule has 0 aliphatic carbocycles. The molecule has 0 saturated carbocycles. The van der Waals surface area contributed by atoms with Crippen LogP contribution in [0, 0.1) is 0 Å². The third kappa shape index (κ3) is 2.66. The molecule has 0 bridgehead atoms. The lowest BCUT2D eigenvalue weighted by molar-refractivity contribution is -0.0509. The third-order valence-corrected chi connectivity index (χ3v) is 4.11. The molecular weight excluding hydrogens is 304 g/mol. The van der Waals surface area contributed by atoms with Gasteiger partial charge in [-0.3, -0.25) is 0 Å². The van der Waals surface area contributed by atoms with Gasteiger partial charge < -0.3 is 35.5 Å². The summed E-state index contributed by atoms with van der Waals surface area (Å²) in [6.07, 6.45) is -0.00575. The van der Waals surface area contributed by atoms with E-state index in [1.807, 2.05) is 0 Å². The predicted molar refractivity (Wildman–Crippen MR) is 80.4 cm³/mol. The van der Waals surface area contributed by atoms with Crippen LogP contribution in [-0.2, 0) is 11.2 Å². The predicted octanol–water partition coefficient (Wildman–Crippen LogP) is -1.45. The lowest BCUT2D eigenvalue weighted by Gasteiger charge is -2.17. The summed E-state index contributed by atoms with van der Waals surface area (Å²) in [7, 11) is 0. The van der Waals surface area contributed by atoms with Crippen molar-refractivity contribution < 1.29 is 25.2 Å². The fourth-order valence-electron chi connectivity index (χ4n) is 2.95. The largest absolute Gasteiger partial charge is 0.396 e. The minimum absolute atomic E-state index is 0.0358. The first-order valence-electron chi connectivity index (χ1n) is 7.41. The van der Waals surface area contributed by atoms with Crippen LogP contribution >= 0.6 is 0 Å². The van der Waals surface area contributed by atoms with Crippen LogP contribution in [0.5, 0.6) is 0 Å². The fourth-order valence-corrected chi connectivity index (χ4v) is 2.95. The molecule has 1 saturated heterocycles. The van der Waals surface area contributed by atoms with Crippen molar-refractivity contribution in [3.05, 3.63) is 18.1 Å². The number of rotatable bonds is 5. The summed E-state index contributed by atoms with van der Waals surface area (Å²) in [5.74, 6) is 0.299. The summed E-state index contributed by atoms with van der Waals surface area (Å²) in [5.41, 5.74) is 7.23. The van der Waals surface area contributed by atoms with Gasteiger partial charge in [0.2, 0.25) is 0 Å². The highest BCUT2D eigenvalue weighted by atomic mass is 16.6. The molecule has 0 radical (unpaired) electrons. The van der Waals surface area contributed by atoms with E-state index in [1.165, 1.54) is 6.33 Å². The Kier molecular flexibility index (Phi) is 4.46. The Bertz CT molecular complexity index is 691. The van der Waals surface area contributed by atoms with Gasteiger partial charge >= 0.3 is 0 Å². The van der Waals surface area contributed by atoms with Crippen molar-refractivity contribution in [3.63, 3.8) is 0 Å². The molecule has 126 valence electrons. The van der Waals surface area contributed by atoms with Crippen molar-refractivity contribution in [3.8, 4) is 0 Å². The molecule has 9 heteroatoms. The van der Waals surface area contributed by atoms with E-state index in [1.54, 1.807) is 10.8 Å². The normalized spacial score (nSPS) is 27.8. The van der Waals surface area contributed by atoms with Gasteiger partial charge in [-0.1, -0.05) is 0 Å². The molecule has 3 rings (SSSR count). The van der Waals surface area contributed by atoms with Crippen molar-refractivity contribution in [2.75, 3.05) is 18.9 Å². The monoisotopic (exact) mass is 324 g/mol. The molecule has 9 nitrogen and oxygen atoms in total. The number of fused-ring (bicyclic) bond motifs is 1. The Hall–Kier alpha value is -1.78. The van der Waals surface area contributed by atoms with Gasteiger partial charge in [-0.15, -0.1) is 0 Å². The zero-order valence-electron chi connectivity index (χ0n) is 12.4. The second kappa shape index (κ2) is 6.38. The van der Waals surface area contributed by atoms with Gasteiger partial charge in [-0.25, -0.2) is 9.97 Å². The Morgan fingerprint density at radius 3 is 2.65 bits per heavy atom. The van der Waals surface area contributed by atoms with Crippen molar-refractivity contribution in [1.82, 2.24) is 14.5 Å². The third-order valence-electron chi connectivity index (χ3n) is 4.11. The van der Waals surface area contributed by atoms with E-state index in [9.17, 15) is 15.3 Å². The molecule has 1 fully saturated rings. The number of nitrogens with two attached hydrogens (primary N) is 1. The van der Waals surface area contributed by atoms with Crippen molar-refractivity contribution in [1.29, 1.82) is 0 Å². The maximum atomic E-state index is 10.2. The standard InChI is InChI=1S/C14H20N4O5/c15-12-9-7(2-1-3-19)4-18(13(9)17-6-16-12)14-11(22)10(21)8(5-20)23-14/h4,6,8,10-11,14,19-22H,1-3,5H2,(H2,15,16,17)/t8-,10-,11-,14-/m1/s1. The highest BCUT2D eigenvalue weighted by Gasteiger charge is 2.44. The smallest absolute Gasteiger partial charge is 0.164 e. The SMILES string of the molecule is Nc1ncnc2c1c(CCCO)cn2[C@@H]1O[C@H](CO)[C@@H](O)[C@H]1O. The minimum atomic E-state index is -1.20. The van der Waals surface area contributed by atoms with Crippen LogP contribution in [0.1, 0.15) is 18.2 Å². The van der Waals surface area contributed by atoms with Gasteiger partial charge in [-0.2, -0.15) is 0 Å². The average Bonchev–Trinajstić information content (AvgIpc) is 3.05. The number of hydrogen-bond donors (Lipinski definition) is 5. The number of aliphatic hydroxyl groups is 4. The van der Waals surface area contributed by atoms with E-state index in [-0.39, 0.29) is 6.61 Å². The molecule has 23 heavy (non-hydrogen) atoms. The number of nitrogen functional groups attached to an aromatic ring is 1. The molecule has 2 aromatic heterocycles. The van der Waals surface area contributed by atoms with Gasteiger partial charge in [0.25, 0.3) is 0 Å². The zero-order chi connectivity index (χ0) is 16.6. The second-order valence-corrected chi connectivity index (χ2v) is 5.58. The number of hydrogen-bond acceptors (Lipinski definition) is 8. The second-order valence-electron chi connectivity index (χ2n) is 5.58. The molecule has 1 aliphatic rings. The quantitative estimate of drug-likeness (QED) is 0.449. The summed E-state index contributed by atoms with van der Waals surface area (Å²) in [6.45, 7) is -0.365. The van der Waals surface area contributed by atoms with Crippen LogP contribution in [-0.4, -0.2) is 66.5 Å². The molecule has 0 amide bonds. The highest BCUT2D eigenvalue weighted by molar-refractivity contribution is 5.89. The van der Waals surface area contributed by atoms with Gasteiger partial charge in [0.15, 0.2) is 6.23 Å². The van der Waals surface area contributed by atoms with Crippen LogP contribution in [0.2, 0.25) is 0 Å². The number of nitrogens with zero attached hydrogens (tertiary/aromatic N) is 3. The minimum Gasteiger partial charge on any atom is -0.396 e. The van der Waals surface area contributed by atoms with Gasteiger partial charge in [0, 0.05) is 12.8 Å². The van der Waals surface area contributed by atoms with Crippen LogP contribution in [0.3, 0.4) is 0 Å². The lowest BCUT2D eigenvalue weighted by Crippen LogP contribution is -2.33. The van der Waals surface area contributed by atoms with E-state index < -0.39 is 31.1 Å². The van der Waals surface area contributed by atoms with Gasteiger partial charge in [-0.05, 0) is 18.4 Å². The lowest BCUT2D eigenvalue weighted by atomic mass is 10.1. The molecule has 6 N–H and O–H groups in total. The van der Waals surface area contributed by atoms with Crippen LogP contribution < -0.4 is 5.73 Å². The van der Waals surface area contributed by atoms with Crippen LogP contribution in [0.4, 0.5) is 5.82 Å². The molecule has 4 atom stereocenters. The summed E-state index contributed by atoms with van der Waals surface area (Å²) in [4.78, 5) is 8.18. The molecule has 0 unspecified atom stereocenters. The molecule has 3 heterocycles. The maximum Gasteiger partial charge on any atom is 0.164 e. The molecule has 2 aromatic rings. The maximum absolute atomic E-state index is 10.2. The molecule has 0 spiro atoms. The van der Waals surface area contributed by atoms with Gasteiger partial charge in [0.05, 0.1) is 12.0 Å². The number of anilines is 1. The zero-order valence-corrected chi connectivity index (χ0v) is 12.4. The topological polar surface area (TPSA) is 147 Å². The van der Waals surface area contributed by atoms with E-state index in [2.05, 4.69) is 9.97 Å². The molecular formula is C14H20N4O5. The van der Waals surface area contributed by atoms with Crippen LogP contribution in [0.25, 0.3) is 11.0 Å². The van der Waals surface area contributed by atoms with E-state index in [4.69, 9.17) is 15.6 Å². The first-order valence-corrected chi connectivity index (χ1v) is 7.41. The van der Waals surface area contributed by atoms with E-state index in [0.29, 0.717) is 29.7 Å². The number of aromatic nitrogens is 3. The summed E-state index contributed by atoms with van der Waals surface area (Å²) in [5, 5.41) is 39.0. The Morgan fingerprint density at radius 2 is 2.00 bits per heavy atom. The van der Waals surface area contributed by atoms with Crippen molar-refractivity contribution in [2.45, 2.75) is 37.4 Å². The van der Waals surface area contributed by atoms with Crippen molar-refractivity contribution in [2.24, 2.45) is 0 Å². The highest BCUT2D eigenvalue weighted by Crippen LogP contribution is 2.34. The van der Waals surface area contributed by atoms with E-state index in [0.717, 1.165) is 5.56 Å². The average molecular weight is 324 g/mol. The van der Waals surface area contributed by atoms with Gasteiger partial charge in [0.1, 0.15) is 36.1 Å². The summed E-state index contributed by atoms with van der Waals surface area (Å²) >= 11 is 0.